The molecule has 1 fully saturated rings. The number of nitrogens with zero attached hydrogens (tertiary/aromatic N) is 1. The third-order valence-corrected chi connectivity index (χ3v) is 2.63. The second-order valence-electron chi connectivity index (χ2n) is 3.76. The summed E-state index contributed by atoms with van der Waals surface area (Å²) in [4.78, 5) is 13.0. The molecule has 0 radical (unpaired) electrons. The summed E-state index contributed by atoms with van der Waals surface area (Å²) in [5.74, 6) is 0.0431. The van der Waals surface area contributed by atoms with Gasteiger partial charge in [0, 0.05) is 13.0 Å². The lowest BCUT2D eigenvalue weighted by Crippen LogP contribution is -2.29. The van der Waals surface area contributed by atoms with Gasteiger partial charge < -0.3 is 9.64 Å². The highest BCUT2D eigenvalue weighted by molar-refractivity contribution is 5.78. The van der Waals surface area contributed by atoms with Gasteiger partial charge in [-0.1, -0.05) is 12.1 Å². The highest BCUT2D eigenvalue weighted by atomic mass is 19.1. The first-order valence-electron chi connectivity index (χ1n) is 5.42. The predicted molar refractivity (Wildman–Crippen MR) is 57.7 cm³/mol. The lowest BCUT2D eigenvalue weighted by molar-refractivity contribution is -0.128. The maximum atomic E-state index is 13.2. The maximum Gasteiger partial charge on any atom is 0.222 e. The van der Waals surface area contributed by atoms with E-state index in [1.165, 1.54) is 6.07 Å². The summed E-state index contributed by atoms with van der Waals surface area (Å²) in [6, 6.07) is 6.28. The molecule has 86 valence electrons. The second kappa shape index (κ2) is 4.96. The molecule has 1 amide bonds. The minimum absolute atomic E-state index is 0.164. The van der Waals surface area contributed by atoms with Gasteiger partial charge in [0.25, 0.3) is 0 Å². The smallest absolute Gasteiger partial charge is 0.222 e. The number of carbonyl (C=O) groups is 1. The normalized spacial score (nSPS) is 15.6. The van der Waals surface area contributed by atoms with Gasteiger partial charge in [0.05, 0.1) is 6.54 Å². The topological polar surface area (TPSA) is 29.5 Å². The summed E-state index contributed by atoms with van der Waals surface area (Å²) >= 11 is 0. The first kappa shape index (κ1) is 10.9. The number of hydrogen-bond donors (Lipinski definition) is 0. The van der Waals surface area contributed by atoms with Gasteiger partial charge in [-0.25, -0.2) is 4.39 Å². The summed E-state index contributed by atoms with van der Waals surface area (Å²) in [7, 11) is 0. The van der Waals surface area contributed by atoms with E-state index in [4.69, 9.17) is 4.74 Å². The Bertz CT molecular complexity index is 381. The molecule has 0 saturated carbocycles. The van der Waals surface area contributed by atoms with Crippen LogP contribution in [0.3, 0.4) is 0 Å². The van der Waals surface area contributed by atoms with Gasteiger partial charge in [0.1, 0.15) is 6.61 Å². The van der Waals surface area contributed by atoms with Crippen LogP contribution in [0.1, 0.15) is 12.8 Å². The van der Waals surface area contributed by atoms with E-state index in [9.17, 15) is 9.18 Å². The molecular formula is C12H14FNO2. The zero-order valence-corrected chi connectivity index (χ0v) is 8.99. The van der Waals surface area contributed by atoms with Crippen molar-refractivity contribution in [1.29, 1.82) is 0 Å². The predicted octanol–water partition coefficient (Wildman–Crippen LogP) is 1.83. The Morgan fingerprint density at radius 3 is 2.88 bits per heavy atom. The number of benzene rings is 1. The van der Waals surface area contributed by atoms with E-state index < -0.39 is 0 Å². The number of rotatable bonds is 4. The number of likely N-dealkylation sites (tertiary alicyclic amines) is 1. The Morgan fingerprint density at radius 1 is 1.38 bits per heavy atom. The number of amides is 1. The van der Waals surface area contributed by atoms with E-state index in [0.717, 1.165) is 13.0 Å². The van der Waals surface area contributed by atoms with Gasteiger partial charge in [-0.2, -0.15) is 0 Å². The van der Waals surface area contributed by atoms with Gasteiger partial charge in [-0.3, -0.25) is 4.79 Å². The van der Waals surface area contributed by atoms with Crippen molar-refractivity contribution in [1.82, 2.24) is 4.90 Å². The van der Waals surface area contributed by atoms with E-state index in [1.54, 1.807) is 23.1 Å². The maximum absolute atomic E-state index is 13.2. The van der Waals surface area contributed by atoms with E-state index in [1.807, 2.05) is 0 Å². The standard InChI is InChI=1S/C12H14FNO2/c13-10-4-1-2-5-11(10)16-9-8-14-7-3-6-12(14)15/h1-2,4-5H,3,6-9H2. The molecule has 0 aliphatic carbocycles. The summed E-state index contributed by atoms with van der Waals surface area (Å²) < 4.78 is 18.4. The fourth-order valence-electron chi connectivity index (χ4n) is 1.77. The van der Waals surface area contributed by atoms with Gasteiger partial charge >= 0.3 is 0 Å². The lowest BCUT2D eigenvalue weighted by atomic mass is 10.3. The molecule has 1 aromatic carbocycles. The van der Waals surface area contributed by atoms with E-state index in [-0.39, 0.29) is 17.5 Å². The number of hydrogen-bond acceptors (Lipinski definition) is 2. The highest BCUT2D eigenvalue weighted by Gasteiger charge is 2.19. The molecule has 1 aliphatic heterocycles. The van der Waals surface area contributed by atoms with Crippen LogP contribution >= 0.6 is 0 Å². The largest absolute Gasteiger partial charge is 0.489 e. The van der Waals surface area contributed by atoms with Crippen LogP contribution in [0, 0.1) is 5.82 Å². The Hall–Kier alpha value is -1.58. The zero-order valence-electron chi connectivity index (χ0n) is 8.99. The molecule has 0 N–H and O–H groups in total. The van der Waals surface area contributed by atoms with Gasteiger partial charge in [0.15, 0.2) is 11.6 Å². The summed E-state index contributed by atoms with van der Waals surface area (Å²) in [5.41, 5.74) is 0. The van der Waals surface area contributed by atoms with Crippen LogP contribution in [0.5, 0.6) is 5.75 Å². The van der Waals surface area contributed by atoms with Crippen molar-refractivity contribution in [2.24, 2.45) is 0 Å². The summed E-state index contributed by atoms with van der Waals surface area (Å²) in [6.45, 7) is 1.67. The van der Waals surface area contributed by atoms with Crippen molar-refractivity contribution >= 4 is 5.91 Å². The Balaban J connectivity index is 1.80. The molecule has 1 aliphatic rings. The Morgan fingerprint density at radius 2 is 2.19 bits per heavy atom. The van der Waals surface area contributed by atoms with Crippen LogP contribution < -0.4 is 4.74 Å². The average Bonchev–Trinajstić information content (AvgIpc) is 2.67. The Kier molecular flexibility index (Phi) is 3.39. The molecule has 16 heavy (non-hydrogen) atoms. The molecule has 0 atom stereocenters. The third-order valence-electron chi connectivity index (χ3n) is 2.63. The quantitative estimate of drug-likeness (QED) is 0.779. The fourth-order valence-corrected chi connectivity index (χ4v) is 1.77. The number of ether oxygens (including phenoxy) is 1. The van der Waals surface area contributed by atoms with Crippen molar-refractivity contribution in [3.63, 3.8) is 0 Å². The van der Waals surface area contributed by atoms with Crippen LogP contribution in [0.25, 0.3) is 0 Å². The minimum atomic E-state index is -0.366. The van der Waals surface area contributed by atoms with Crippen molar-refractivity contribution in [3.05, 3.63) is 30.1 Å². The van der Waals surface area contributed by atoms with Crippen molar-refractivity contribution in [3.8, 4) is 5.75 Å². The molecule has 1 saturated heterocycles. The lowest BCUT2D eigenvalue weighted by Gasteiger charge is -2.15. The highest BCUT2D eigenvalue weighted by Crippen LogP contribution is 2.15. The van der Waals surface area contributed by atoms with Gasteiger partial charge in [-0.15, -0.1) is 0 Å². The SMILES string of the molecule is O=C1CCCN1CCOc1ccccc1F. The molecule has 0 unspecified atom stereocenters. The molecule has 0 aromatic heterocycles. The number of halogens is 1. The molecule has 0 spiro atoms. The second-order valence-corrected chi connectivity index (χ2v) is 3.76. The first-order valence-corrected chi connectivity index (χ1v) is 5.42. The fraction of sp³-hybridized carbons (Fsp3) is 0.417. The molecule has 0 bridgehead atoms. The number of para-hydroxylation sites is 1. The summed E-state index contributed by atoms with van der Waals surface area (Å²) in [5, 5.41) is 0. The monoisotopic (exact) mass is 223 g/mol. The van der Waals surface area contributed by atoms with Gasteiger partial charge in [0.2, 0.25) is 5.91 Å². The minimum Gasteiger partial charge on any atom is -0.489 e. The first-order chi connectivity index (χ1) is 7.77. The summed E-state index contributed by atoms with van der Waals surface area (Å²) in [6.07, 6.45) is 1.54. The van der Waals surface area contributed by atoms with Crippen LogP contribution in [-0.4, -0.2) is 30.5 Å². The van der Waals surface area contributed by atoms with Crippen LogP contribution in [0.4, 0.5) is 4.39 Å². The van der Waals surface area contributed by atoms with Crippen LogP contribution in [0.15, 0.2) is 24.3 Å². The van der Waals surface area contributed by atoms with E-state index in [0.29, 0.717) is 19.6 Å². The van der Waals surface area contributed by atoms with Crippen LogP contribution in [-0.2, 0) is 4.79 Å². The zero-order chi connectivity index (χ0) is 11.4. The van der Waals surface area contributed by atoms with Crippen molar-refractivity contribution < 1.29 is 13.9 Å². The average molecular weight is 223 g/mol. The van der Waals surface area contributed by atoms with Crippen LogP contribution in [0.2, 0.25) is 0 Å². The van der Waals surface area contributed by atoms with Crippen molar-refractivity contribution in [2.45, 2.75) is 12.8 Å². The molecule has 1 heterocycles. The molecule has 2 rings (SSSR count). The molecule has 3 nitrogen and oxygen atoms in total. The molecule has 1 aromatic rings. The number of carbonyl (C=O) groups excluding carboxylic acids is 1. The van der Waals surface area contributed by atoms with E-state index in [2.05, 4.69) is 0 Å². The van der Waals surface area contributed by atoms with E-state index >= 15 is 0 Å². The van der Waals surface area contributed by atoms with Gasteiger partial charge in [-0.05, 0) is 18.6 Å². The molecular weight excluding hydrogens is 209 g/mol. The van der Waals surface area contributed by atoms with Crippen molar-refractivity contribution in [2.75, 3.05) is 19.7 Å². The third kappa shape index (κ3) is 2.51. The molecule has 4 heteroatoms. The Labute approximate surface area is 93.8 Å².